The fourth-order valence-corrected chi connectivity index (χ4v) is 6.12. The van der Waals surface area contributed by atoms with Gasteiger partial charge >= 0.3 is 0 Å². The molecule has 0 spiro atoms. The third kappa shape index (κ3) is 4.22. The summed E-state index contributed by atoms with van der Waals surface area (Å²) in [7, 11) is 0. The second kappa shape index (κ2) is 9.35. The van der Waals surface area contributed by atoms with Crippen molar-refractivity contribution in [1.29, 1.82) is 0 Å². The number of amides is 1. The Morgan fingerprint density at radius 3 is 2.68 bits per heavy atom. The zero-order valence-corrected chi connectivity index (χ0v) is 21.1. The van der Waals surface area contributed by atoms with Crippen LogP contribution in [-0.4, -0.2) is 44.7 Å². The van der Waals surface area contributed by atoms with Crippen LogP contribution in [0.5, 0.6) is 0 Å². The van der Waals surface area contributed by atoms with Crippen LogP contribution in [0.25, 0.3) is 17.0 Å². The highest BCUT2D eigenvalue weighted by Crippen LogP contribution is 2.50. The summed E-state index contributed by atoms with van der Waals surface area (Å²) in [5.41, 5.74) is 6.39. The molecular weight excluding hydrogens is 464 g/mol. The van der Waals surface area contributed by atoms with Crippen molar-refractivity contribution in [3.8, 4) is 11.4 Å². The summed E-state index contributed by atoms with van der Waals surface area (Å²) in [6.45, 7) is 4.88. The molecule has 2 atom stereocenters. The fraction of sp³-hybridized carbons (Fsp3) is 0.310. The Hall–Kier alpha value is -4.20. The minimum absolute atomic E-state index is 0.0203. The predicted octanol–water partition coefficient (Wildman–Crippen LogP) is 5.23. The average Bonchev–Trinajstić information content (AvgIpc) is 3.66. The number of H-pyrrole nitrogens is 1. The lowest BCUT2D eigenvalue weighted by molar-refractivity contribution is 0.0956. The van der Waals surface area contributed by atoms with E-state index < -0.39 is 0 Å². The van der Waals surface area contributed by atoms with Gasteiger partial charge in [-0.1, -0.05) is 35.9 Å². The van der Waals surface area contributed by atoms with Crippen LogP contribution >= 0.6 is 0 Å². The highest BCUT2D eigenvalue weighted by molar-refractivity contribution is 5.95. The second-order valence-corrected chi connectivity index (χ2v) is 10.1. The predicted molar refractivity (Wildman–Crippen MR) is 142 cm³/mol. The van der Waals surface area contributed by atoms with E-state index in [0.717, 1.165) is 48.3 Å². The molecule has 2 bridgehead atoms. The van der Waals surface area contributed by atoms with E-state index in [1.807, 2.05) is 37.3 Å². The molecule has 2 aromatic heterocycles. The van der Waals surface area contributed by atoms with Crippen molar-refractivity contribution in [2.45, 2.75) is 51.1 Å². The molecule has 4 heterocycles. The first-order chi connectivity index (χ1) is 18.1. The maximum absolute atomic E-state index is 12.4. The standard InChI is InChI=1S/C29H30N6O2/c1-3-30-28(36)20-11-9-19(10-12-20)26(21-6-4-7-22(16-21)27-31-33-34-32-27)23-17-24-13-14-29(2,18-23)35(24)25-8-5-15-37-25/h4-12,15-16,24H,3,13-14,17-18H2,1-2H3,(H,30,36)(H,31,32,33,34). The quantitative estimate of drug-likeness (QED) is 0.381. The van der Waals surface area contributed by atoms with Crippen LogP contribution in [0.15, 0.2) is 76.9 Å². The first-order valence-corrected chi connectivity index (χ1v) is 12.8. The molecule has 188 valence electrons. The van der Waals surface area contributed by atoms with Gasteiger partial charge in [-0.2, -0.15) is 5.21 Å². The van der Waals surface area contributed by atoms with Gasteiger partial charge in [0.05, 0.1) is 6.26 Å². The summed E-state index contributed by atoms with van der Waals surface area (Å²) in [6, 6.07) is 20.7. The molecule has 2 aromatic carbocycles. The van der Waals surface area contributed by atoms with Gasteiger partial charge < -0.3 is 14.6 Å². The lowest BCUT2D eigenvalue weighted by atomic mass is 9.80. The van der Waals surface area contributed by atoms with Crippen LogP contribution in [0, 0.1) is 0 Å². The van der Waals surface area contributed by atoms with E-state index in [1.54, 1.807) is 6.26 Å². The first-order valence-electron chi connectivity index (χ1n) is 12.8. The molecule has 8 nitrogen and oxygen atoms in total. The van der Waals surface area contributed by atoms with E-state index in [0.29, 0.717) is 24.0 Å². The van der Waals surface area contributed by atoms with Gasteiger partial charge in [0, 0.05) is 35.3 Å². The zero-order chi connectivity index (χ0) is 25.4. The van der Waals surface area contributed by atoms with E-state index in [4.69, 9.17) is 4.42 Å². The maximum atomic E-state index is 12.4. The molecule has 2 aliphatic rings. The van der Waals surface area contributed by atoms with Gasteiger partial charge in [-0.25, -0.2) is 0 Å². The van der Waals surface area contributed by atoms with Crippen LogP contribution in [0.1, 0.15) is 61.0 Å². The van der Waals surface area contributed by atoms with E-state index in [-0.39, 0.29) is 11.4 Å². The lowest BCUT2D eigenvalue weighted by Gasteiger charge is -2.44. The molecule has 2 N–H and O–H groups in total. The van der Waals surface area contributed by atoms with E-state index >= 15 is 0 Å². The molecule has 37 heavy (non-hydrogen) atoms. The minimum Gasteiger partial charge on any atom is -0.449 e. The van der Waals surface area contributed by atoms with Gasteiger partial charge in [0.2, 0.25) is 5.82 Å². The van der Waals surface area contributed by atoms with E-state index in [1.165, 1.54) is 11.1 Å². The third-order valence-electron chi connectivity index (χ3n) is 7.66. The molecule has 2 aliphatic heterocycles. The van der Waals surface area contributed by atoms with E-state index in [2.05, 4.69) is 68.1 Å². The number of hydrogen-bond donors (Lipinski definition) is 2. The molecule has 0 aliphatic carbocycles. The number of anilines is 1. The highest BCUT2D eigenvalue weighted by atomic mass is 16.3. The molecule has 6 rings (SSSR count). The summed E-state index contributed by atoms with van der Waals surface area (Å²) >= 11 is 0. The third-order valence-corrected chi connectivity index (χ3v) is 7.66. The number of aromatic nitrogens is 4. The molecule has 2 saturated heterocycles. The van der Waals surface area contributed by atoms with Crippen LogP contribution in [-0.2, 0) is 0 Å². The van der Waals surface area contributed by atoms with Gasteiger partial charge in [-0.15, -0.1) is 10.2 Å². The number of carbonyl (C=O) groups excluding carboxylic acids is 1. The smallest absolute Gasteiger partial charge is 0.251 e. The van der Waals surface area contributed by atoms with Crippen molar-refractivity contribution in [2.24, 2.45) is 0 Å². The number of fused-ring (bicyclic) bond motifs is 2. The summed E-state index contributed by atoms with van der Waals surface area (Å²) in [5, 5.41) is 17.5. The van der Waals surface area contributed by atoms with Gasteiger partial charge in [0.25, 0.3) is 5.91 Å². The summed E-state index contributed by atoms with van der Waals surface area (Å²) in [4.78, 5) is 14.9. The molecule has 1 amide bonds. The van der Waals surface area contributed by atoms with Crippen LogP contribution < -0.4 is 10.2 Å². The molecular formula is C29H30N6O2. The van der Waals surface area contributed by atoms with Crippen molar-refractivity contribution in [2.75, 3.05) is 11.4 Å². The lowest BCUT2D eigenvalue weighted by Crippen LogP contribution is -2.49. The number of aromatic amines is 1. The fourth-order valence-electron chi connectivity index (χ4n) is 6.12. The normalized spacial score (nSPS) is 22.2. The topological polar surface area (TPSA) is 99.9 Å². The van der Waals surface area contributed by atoms with Gasteiger partial charge in [-0.3, -0.25) is 4.79 Å². The molecule has 0 radical (unpaired) electrons. The van der Waals surface area contributed by atoms with Gasteiger partial charge in [0.1, 0.15) is 0 Å². The molecule has 2 fully saturated rings. The van der Waals surface area contributed by atoms with Gasteiger partial charge in [-0.05, 0) is 85.7 Å². The SMILES string of the molecule is CCNC(=O)c1ccc(C(=C2CC3CCC(C)(C2)N3c2ccco2)c2cccc(-c3nn[nH]n3)c2)cc1. The van der Waals surface area contributed by atoms with Gasteiger partial charge in [0.15, 0.2) is 5.88 Å². The second-order valence-electron chi connectivity index (χ2n) is 10.1. The monoisotopic (exact) mass is 494 g/mol. The number of tetrazole rings is 1. The average molecular weight is 495 g/mol. The number of nitrogens with one attached hydrogen (secondary N) is 2. The van der Waals surface area contributed by atoms with Crippen molar-refractivity contribution < 1.29 is 9.21 Å². The largest absolute Gasteiger partial charge is 0.449 e. The highest BCUT2D eigenvalue weighted by Gasteiger charge is 2.48. The number of piperidine rings is 1. The van der Waals surface area contributed by atoms with E-state index in [9.17, 15) is 4.79 Å². The summed E-state index contributed by atoms with van der Waals surface area (Å²) in [5.74, 6) is 1.47. The molecule has 4 aromatic rings. The van der Waals surface area contributed by atoms with Crippen LogP contribution in [0.4, 0.5) is 5.88 Å². The molecule has 0 saturated carbocycles. The Morgan fingerprint density at radius 1 is 1.14 bits per heavy atom. The first kappa shape index (κ1) is 23.2. The number of benzene rings is 2. The zero-order valence-electron chi connectivity index (χ0n) is 21.1. The number of carbonyl (C=O) groups is 1. The Bertz CT molecular complexity index is 1430. The van der Waals surface area contributed by atoms with Crippen LogP contribution in [0.2, 0.25) is 0 Å². The van der Waals surface area contributed by atoms with Crippen molar-refractivity contribution in [3.05, 3.63) is 89.2 Å². The molecule has 8 heteroatoms. The minimum atomic E-state index is -0.0559. The molecule has 2 unspecified atom stereocenters. The summed E-state index contributed by atoms with van der Waals surface area (Å²) < 4.78 is 5.85. The number of rotatable bonds is 6. The number of hydrogen-bond acceptors (Lipinski definition) is 6. The van der Waals surface area contributed by atoms with Crippen LogP contribution in [0.3, 0.4) is 0 Å². The Labute approximate surface area is 215 Å². The Balaban J connectivity index is 1.45. The maximum Gasteiger partial charge on any atom is 0.251 e. The number of nitrogens with zero attached hydrogens (tertiary/aromatic N) is 4. The Morgan fingerprint density at radius 2 is 1.97 bits per heavy atom. The Kier molecular flexibility index (Phi) is 5.87. The number of furan rings is 1. The summed E-state index contributed by atoms with van der Waals surface area (Å²) in [6.07, 6.45) is 5.90. The van der Waals surface area contributed by atoms with Crippen molar-refractivity contribution in [1.82, 2.24) is 25.9 Å². The van der Waals surface area contributed by atoms with Crippen molar-refractivity contribution >= 4 is 17.4 Å². The van der Waals surface area contributed by atoms with Crippen molar-refractivity contribution in [3.63, 3.8) is 0 Å².